The molecule has 1 amide bonds. The summed E-state index contributed by atoms with van der Waals surface area (Å²) in [5, 5.41) is 12.5. The van der Waals surface area contributed by atoms with Crippen LogP contribution in [0, 0.1) is 5.92 Å². The SMILES string of the molecule is O=C(O)c1cccc2c1OCCN2C(=O)[C@H]1CCCNC1. The van der Waals surface area contributed by atoms with Crippen molar-refractivity contribution >= 4 is 17.6 Å². The predicted octanol–water partition coefficient (Wildman–Crippen LogP) is 1.11. The third-order valence-electron chi connectivity index (χ3n) is 3.99. The number of carbonyl (C=O) groups is 2. The van der Waals surface area contributed by atoms with Gasteiger partial charge in [0.25, 0.3) is 0 Å². The number of benzene rings is 1. The van der Waals surface area contributed by atoms with Crippen molar-refractivity contribution in [2.75, 3.05) is 31.1 Å². The van der Waals surface area contributed by atoms with Crippen molar-refractivity contribution < 1.29 is 19.4 Å². The molecule has 0 spiro atoms. The fourth-order valence-electron chi connectivity index (χ4n) is 2.93. The molecular formula is C15H18N2O4. The Bertz CT molecular complexity index is 567. The standard InChI is InChI=1S/C15H18N2O4/c18-14(10-3-2-6-16-9-10)17-7-8-21-13-11(15(19)20)4-1-5-12(13)17/h1,4-5,10,16H,2-3,6-9H2,(H,19,20)/t10-/m0/s1. The summed E-state index contributed by atoms with van der Waals surface area (Å²) < 4.78 is 5.49. The van der Waals surface area contributed by atoms with Crippen LogP contribution in [0.5, 0.6) is 5.75 Å². The molecule has 6 nitrogen and oxygen atoms in total. The lowest BCUT2D eigenvalue weighted by Crippen LogP contribution is -2.46. The number of rotatable bonds is 2. The van der Waals surface area contributed by atoms with Crippen LogP contribution in [0.25, 0.3) is 0 Å². The molecule has 0 radical (unpaired) electrons. The fourth-order valence-corrected chi connectivity index (χ4v) is 2.93. The van der Waals surface area contributed by atoms with Gasteiger partial charge in [0.2, 0.25) is 5.91 Å². The maximum Gasteiger partial charge on any atom is 0.339 e. The van der Waals surface area contributed by atoms with Gasteiger partial charge >= 0.3 is 5.97 Å². The summed E-state index contributed by atoms with van der Waals surface area (Å²) in [5.74, 6) is -0.735. The van der Waals surface area contributed by atoms with Gasteiger partial charge in [0, 0.05) is 6.54 Å². The molecule has 112 valence electrons. The van der Waals surface area contributed by atoms with E-state index in [0.717, 1.165) is 19.4 Å². The number of carbonyl (C=O) groups excluding carboxylic acids is 1. The molecule has 0 bridgehead atoms. The van der Waals surface area contributed by atoms with Crippen molar-refractivity contribution in [2.45, 2.75) is 12.8 Å². The van der Waals surface area contributed by atoms with Gasteiger partial charge in [0.15, 0.2) is 5.75 Å². The average molecular weight is 290 g/mol. The molecule has 21 heavy (non-hydrogen) atoms. The van der Waals surface area contributed by atoms with E-state index in [2.05, 4.69) is 5.32 Å². The molecular weight excluding hydrogens is 272 g/mol. The molecule has 2 aliphatic heterocycles. The van der Waals surface area contributed by atoms with E-state index in [0.29, 0.717) is 31.1 Å². The molecule has 2 aliphatic rings. The number of nitrogens with zero attached hydrogens (tertiary/aromatic N) is 1. The van der Waals surface area contributed by atoms with E-state index in [-0.39, 0.29) is 17.4 Å². The molecule has 0 unspecified atom stereocenters. The second kappa shape index (κ2) is 5.73. The number of hydrogen-bond acceptors (Lipinski definition) is 4. The number of ether oxygens (including phenoxy) is 1. The summed E-state index contributed by atoms with van der Waals surface area (Å²) >= 11 is 0. The van der Waals surface area contributed by atoms with Crippen molar-refractivity contribution in [2.24, 2.45) is 5.92 Å². The highest BCUT2D eigenvalue weighted by Crippen LogP contribution is 2.36. The van der Waals surface area contributed by atoms with Crippen LogP contribution in [0.15, 0.2) is 18.2 Å². The summed E-state index contributed by atoms with van der Waals surface area (Å²) in [6.45, 7) is 2.42. The number of fused-ring (bicyclic) bond motifs is 1. The van der Waals surface area contributed by atoms with Gasteiger partial charge < -0.3 is 20.1 Å². The van der Waals surface area contributed by atoms with Gasteiger partial charge in [-0.25, -0.2) is 4.79 Å². The van der Waals surface area contributed by atoms with Gasteiger partial charge in [-0.05, 0) is 31.5 Å². The van der Waals surface area contributed by atoms with Crippen LogP contribution < -0.4 is 15.0 Å². The minimum Gasteiger partial charge on any atom is -0.489 e. The van der Waals surface area contributed by atoms with Gasteiger partial charge in [-0.3, -0.25) is 4.79 Å². The summed E-state index contributed by atoms with van der Waals surface area (Å²) in [4.78, 5) is 25.6. The molecule has 0 saturated carbocycles. The van der Waals surface area contributed by atoms with Crippen LogP contribution in [0.4, 0.5) is 5.69 Å². The van der Waals surface area contributed by atoms with E-state index >= 15 is 0 Å². The Kier molecular flexibility index (Phi) is 3.79. The van der Waals surface area contributed by atoms with Gasteiger partial charge in [-0.1, -0.05) is 6.07 Å². The molecule has 1 aromatic carbocycles. The third kappa shape index (κ3) is 2.58. The lowest BCUT2D eigenvalue weighted by Gasteiger charge is -2.34. The lowest BCUT2D eigenvalue weighted by atomic mass is 9.97. The van der Waals surface area contributed by atoms with E-state index in [4.69, 9.17) is 4.74 Å². The van der Waals surface area contributed by atoms with Crippen LogP contribution in [-0.2, 0) is 4.79 Å². The van der Waals surface area contributed by atoms with E-state index in [1.165, 1.54) is 6.07 Å². The highest BCUT2D eigenvalue weighted by atomic mass is 16.5. The van der Waals surface area contributed by atoms with Crippen molar-refractivity contribution in [3.8, 4) is 5.75 Å². The molecule has 6 heteroatoms. The molecule has 2 N–H and O–H groups in total. The quantitative estimate of drug-likeness (QED) is 0.853. The normalized spacial score (nSPS) is 21.3. The molecule has 0 aliphatic carbocycles. The Balaban J connectivity index is 1.91. The monoisotopic (exact) mass is 290 g/mol. The summed E-state index contributed by atoms with van der Waals surface area (Å²) in [6, 6.07) is 4.89. The highest BCUT2D eigenvalue weighted by Gasteiger charge is 2.32. The van der Waals surface area contributed by atoms with Crippen LogP contribution >= 0.6 is 0 Å². The minimum atomic E-state index is -1.04. The first kappa shape index (κ1) is 13.9. The number of hydrogen-bond donors (Lipinski definition) is 2. The van der Waals surface area contributed by atoms with E-state index < -0.39 is 5.97 Å². The summed E-state index contributed by atoms with van der Waals surface area (Å²) in [5.41, 5.74) is 0.670. The zero-order valence-corrected chi connectivity index (χ0v) is 11.7. The van der Waals surface area contributed by atoms with Crippen LogP contribution in [-0.4, -0.2) is 43.2 Å². The third-order valence-corrected chi connectivity index (χ3v) is 3.99. The minimum absolute atomic E-state index is 0.0433. The number of amides is 1. The topological polar surface area (TPSA) is 78.9 Å². The molecule has 1 aromatic rings. The molecule has 0 aromatic heterocycles. The van der Waals surface area contributed by atoms with E-state index in [1.807, 2.05) is 0 Å². The van der Waals surface area contributed by atoms with Gasteiger partial charge in [0.05, 0.1) is 18.2 Å². The average Bonchev–Trinajstić information content (AvgIpc) is 2.53. The van der Waals surface area contributed by atoms with Crippen LogP contribution in [0.1, 0.15) is 23.2 Å². The van der Waals surface area contributed by atoms with Crippen molar-refractivity contribution in [3.63, 3.8) is 0 Å². The number of nitrogens with one attached hydrogen (secondary N) is 1. The van der Waals surface area contributed by atoms with Crippen LogP contribution in [0.3, 0.4) is 0 Å². The second-order valence-corrected chi connectivity index (χ2v) is 5.34. The maximum atomic E-state index is 12.7. The van der Waals surface area contributed by atoms with Crippen molar-refractivity contribution in [1.29, 1.82) is 0 Å². The Morgan fingerprint density at radius 3 is 2.95 bits per heavy atom. The molecule has 1 fully saturated rings. The molecule has 2 heterocycles. The molecule has 1 atom stereocenters. The number of anilines is 1. The van der Waals surface area contributed by atoms with Crippen molar-refractivity contribution in [1.82, 2.24) is 5.32 Å². The Labute approximate surface area is 122 Å². The zero-order valence-electron chi connectivity index (χ0n) is 11.7. The number of para-hydroxylation sites is 1. The van der Waals surface area contributed by atoms with Crippen molar-refractivity contribution in [3.05, 3.63) is 23.8 Å². The molecule has 1 saturated heterocycles. The number of aromatic carboxylic acids is 1. The van der Waals surface area contributed by atoms with Gasteiger partial charge in [0.1, 0.15) is 12.2 Å². The summed E-state index contributed by atoms with van der Waals surface area (Å²) in [6.07, 6.45) is 1.86. The van der Waals surface area contributed by atoms with Gasteiger partial charge in [-0.15, -0.1) is 0 Å². The highest BCUT2D eigenvalue weighted by molar-refractivity contribution is 6.00. The number of piperidine rings is 1. The largest absolute Gasteiger partial charge is 0.489 e. The number of carboxylic acids is 1. The van der Waals surface area contributed by atoms with E-state index in [9.17, 15) is 14.7 Å². The second-order valence-electron chi connectivity index (χ2n) is 5.34. The Morgan fingerprint density at radius 1 is 1.38 bits per heavy atom. The Hall–Kier alpha value is -2.08. The first-order valence-corrected chi connectivity index (χ1v) is 7.19. The fraction of sp³-hybridized carbons (Fsp3) is 0.467. The first-order valence-electron chi connectivity index (χ1n) is 7.19. The predicted molar refractivity (Wildman–Crippen MR) is 76.8 cm³/mol. The van der Waals surface area contributed by atoms with Crippen LogP contribution in [0.2, 0.25) is 0 Å². The Morgan fingerprint density at radius 2 is 2.24 bits per heavy atom. The first-order chi connectivity index (χ1) is 10.2. The molecule has 3 rings (SSSR count). The lowest BCUT2D eigenvalue weighted by molar-refractivity contribution is -0.123. The maximum absolute atomic E-state index is 12.7. The van der Waals surface area contributed by atoms with E-state index in [1.54, 1.807) is 17.0 Å². The number of carboxylic acid groups (broad SMARTS) is 1. The zero-order chi connectivity index (χ0) is 14.8. The smallest absolute Gasteiger partial charge is 0.339 e. The van der Waals surface area contributed by atoms with Gasteiger partial charge in [-0.2, -0.15) is 0 Å². The summed E-state index contributed by atoms with van der Waals surface area (Å²) in [7, 11) is 0.